The first-order valence-corrected chi connectivity index (χ1v) is 11.8. The van der Waals surface area contributed by atoms with E-state index in [2.05, 4.69) is 10.0 Å². The van der Waals surface area contributed by atoms with E-state index >= 15 is 0 Å². The molecule has 0 saturated carbocycles. The van der Waals surface area contributed by atoms with Gasteiger partial charge in [-0.25, -0.2) is 8.42 Å². The highest BCUT2D eigenvalue weighted by atomic mass is 32.2. The summed E-state index contributed by atoms with van der Waals surface area (Å²) in [6.07, 6.45) is 1.64. The summed E-state index contributed by atoms with van der Waals surface area (Å²) < 4.78 is 37.7. The molecule has 1 amide bonds. The Bertz CT molecular complexity index is 1050. The van der Waals surface area contributed by atoms with E-state index in [1.807, 2.05) is 12.1 Å². The summed E-state index contributed by atoms with van der Waals surface area (Å²) in [5.41, 5.74) is 0.829. The second-order valence-corrected chi connectivity index (χ2v) is 9.03. The topological polar surface area (TPSA) is 97.6 Å². The lowest BCUT2D eigenvalue weighted by molar-refractivity contribution is 0.0956. The molecule has 30 heavy (non-hydrogen) atoms. The van der Waals surface area contributed by atoms with Gasteiger partial charge in [0.25, 0.3) is 15.9 Å². The molecular formula is C21H22N2O5S2. The molecule has 3 rings (SSSR count). The molecular weight excluding hydrogens is 424 g/mol. The van der Waals surface area contributed by atoms with Gasteiger partial charge in [-0.2, -0.15) is 11.8 Å². The van der Waals surface area contributed by atoms with Crippen molar-refractivity contribution >= 4 is 33.4 Å². The van der Waals surface area contributed by atoms with E-state index in [-0.39, 0.29) is 10.8 Å². The maximum Gasteiger partial charge on any atom is 0.261 e. The molecule has 0 saturated heterocycles. The number of nitrogens with one attached hydrogen (secondary N) is 2. The van der Waals surface area contributed by atoms with Gasteiger partial charge in [0, 0.05) is 23.5 Å². The van der Waals surface area contributed by atoms with Crippen LogP contribution in [0.3, 0.4) is 0 Å². The lowest BCUT2D eigenvalue weighted by Gasteiger charge is -2.10. The predicted molar refractivity (Wildman–Crippen MR) is 117 cm³/mol. The highest BCUT2D eigenvalue weighted by Crippen LogP contribution is 2.19. The van der Waals surface area contributed by atoms with Gasteiger partial charge < -0.3 is 14.5 Å². The van der Waals surface area contributed by atoms with Crippen LogP contribution < -0.4 is 14.8 Å². The molecule has 0 atom stereocenters. The minimum Gasteiger partial charge on any atom is -0.497 e. The Hall–Kier alpha value is -2.91. The number of methoxy groups -OCH3 is 1. The van der Waals surface area contributed by atoms with Crippen molar-refractivity contribution in [3.05, 3.63) is 78.3 Å². The maximum absolute atomic E-state index is 12.5. The van der Waals surface area contributed by atoms with E-state index in [1.54, 1.807) is 54.4 Å². The Labute approximate surface area is 179 Å². The summed E-state index contributed by atoms with van der Waals surface area (Å²) in [7, 11) is -2.21. The largest absolute Gasteiger partial charge is 0.497 e. The summed E-state index contributed by atoms with van der Waals surface area (Å²) >= 11 is 1.66. The number of carbonyl (C=O) groups is 1. The second-order valence-electron chi connectivity index (χ2n) is 6.25. The summed E-state index contributed by atoms with van der Waals surface area (Å²) in [5, 5.41) is 2.84. The minimum absolute atomic E-state index is 0.122. The number of hydrogen-bond donors (Lipinski definition) is 2. The third-order valence-corrected chi connectivity index (χ3v) is 6.50. The van der Waals surface area contributed by atoms with Gasteiger partial charge in [-0.15, -0.1) is 0 Å². The van der Waals surface area contributed by atoms with E-state index in [0.717, 1.165) is 17.3 Å². The summed E-state index contributed by atoms with van der Waals surface area (Å²) in [6, 6.07) is 16.1. The Morgan fingerprint density at radius 2 is 1.80 bits per heavy atom. The molecule has 3 aromatic rings. The van der Waals surface area contributed by atoms with Gasteiger partial charge in [0.2, 0.25) is 0 Å². The van der Waals surface area contributed by atoms with E-state index in [4.69, 9.17) is 9.15 Å². The van der Waals surface area contributed by atoms with Crippen molar-refractivity contribution in [2.24, 2.45) is 0 Å². The van der Waals surface area contributed by atoms with Crippen LogP contribution in [0.2, 0.25) is 0 Å². The second kappa shape index (κ2) is 10.2. The minimum atomic E-state index is -3.73. The van der Waals surface area contributed by atoms with Gasteiger partial charge in [0.05, 0.1) is 24.0 Å². The van der Waals surface area contributed by atoms with Crippen LogP contribution in [0.5, 0.6) is 5.75 Å². The molecule has 0 aliphatic heterocycles. The standard InChI is InChI=1S/C21H22N2O5S2/c1-27-18-8-10-20(11-9-18)30(25,26)23-17-6-4-16(5-7-17)21(24)22-12-14-29-15-19-3-2-13-28-19/h2-11,13,23H,12,14-15H2,1H3,(H,22,24). The normalized spacial score (nSPS) is 11.1. The van der Waals surface area contributed by atoms with Crippen LogP contribution in [0.25, 0.3) is 0 Å². The van der Waals surface area contributed by atoms with E-state index in [9.17, 15) is 13.2 Å². The van der Waals surface area contributed by atoms with Crippen LogP contribution in [0, 0.1) is 0 Å². The highest BCUT2D eigenvalue weighted by molar-refractivity contribution is 7.98. The van der Waals surface area contributed by atoms with Gasteiger partial charge in [-0.3, -0.25) is 9.52 Å². The first-order chi connectivity index (χ1) is 14.5. The average molecular weight is 447 g/mol. The number of thioether (sulfide) groups is 1. The fourth-order valence-electron chi connectivity index (χ4n) is 2.56. The SMILES string of the molecule is COc1ccc(S(=O)(=O)Nc2ccc(C(=O)NCCSCc3ccco3)cc2)cc1. The van der Waals surface area contributed by atoms with Gasteiger partial charge in [-0.05, 0) is 60.7 Å². The highest BCUT2D eigenvalue weighted by Gasteiger charge is 2.14. The molecule has 0 spiro atoms. The smallest absolute Gasteiger partial charge is 0.261 e. The van der Waals surface area contributed by atoms with Crippen molar-refractivity contribution in [3.8, 4) is 5.75 Å². The van der Waals surface area contributed by atoms with Crippen molar-refractivity contribution < 1.29 is 22.4 Å². The molecule has 0 radical (unpaired) electrons. The van der Waals surface area contributed by atoms with Crippen molar-refractivity contribution in [1.29, 1.82) is 0 Å². The number of hydrogen-bond acceptors (Lipinski definition) is 6. The van der Waals surface area contributed by atoms with Gasteiger partial charge >= 0.3 is 0 Å². The van der Waals surface area contributed by atoms with Crippen LogP contribution in [-0.4, -0.2) is 33.7 Å². The van der Waals surface area contributed by atoms with Crippen molar-refractivity contribution in [2.75, 3.05) is 24.1 Å². The lowest BCUT2D eigenvalue weighted by Crippen LogP contribution is -2.25. The first kappa shape index (κ1) is 21.8. The molecule has 0 unspecified atom stereocenters. The zero-order valence-corrected chi connectivity index (χ0v) is 18.0. The van der Waals surface area contributed by atoms with Gasteiger partial charge in [0.1, 0.15) is 11.5 Å². The zero-order chi connectivity index (χ0) is 21.4. The van der Waals surface area contributed by atoms with Crippen LogP contribution in [0.1, 0.15) is 16.1 Å². The van der Waals surface area contributed by atoms with Gasteiger partial charge in [0.15, 0.2) is 0 Å². The van der Waals surface area contributed by atoms with Crippen LogP contribution in [0.15, 0.2) is 76.2 Å². The molecule has 1 heterocycles. The Morgan fingerprint density at radius 3 is 2.43 bits per heavy atom. The molecule has 7 nitrogen and oxygen atoms in total. The molecule has 1 aromatic heterocycles. The van der Waals surface area contributed by atoms with Crippen molar-refractivity contribution in [3.63, 3.8) is 0 Å². The number of carbonyl (C=O) groups excluding carboxylic acids is 1. The molecule has 2 N–H and O–H groups in total. The number of amides is 1. The molecule has 9 heteroatoms. The molecule has 158 valence electrons. The fraction of sp³-hybridized carbons (Fsp3) is 0.190. The van der Waals surface area contributed by atoms with Gasteiger partial charge in [-0.1, -0.05) is 0 Å². The van der Waals surface area contributed by atoms with Crippen LogP contribution >= 0.6 is 11.8 Å². The van der Waals surface area contributed by atoms with E-state index in [1.165, 1.54) is 19.2 Å². The first-order valence-electron chi connectivity index (χ1n) is 9.13. The predicted octanol–water partition coefficient (Wildman–Crippen LogP) is 3.75. The molecule has 0 aliphatic carbocycles. The van der Waals surface area contributed by atoms with Crippen molar-refractivity contribution in [1.82, 2.24) is 5.32 Å². The van der Waals surface area contributed by atoms with Crippen LogP contribution in [0.4, 0.5) is 5.69 Å². The Kier molecular flexibility index (Phi) is 7.42. The number of benzene rings is 2. The van der Waals surface area contributed by atoms with Crippen molar-refractivity contribution in [2.45, 2.75) is 10.6 Å². The van der Waals surface area contributed by atoms with E-state index < -0.39 is 10.0 Å². The van der Waals surface area contributed by atoms with E-state index in [0.29, 0.717) is 23.5 Å². The van der Waals surface area contributed by atoms with Crippen LogP contribution in [-0.2, 0) is 15.8 Å². The lowest BCUT2D eigenvalue weighted by atomic mass is 10.2. The third-order valence-electron chi connectivity index (χ3n) is 4.13. The zero-order valence-electron chi connectivity index (χ0n) is 16.3. The summed E-state index contributed by atoms with van der Waals surface area (Å²) in [4.78, 5) is 12.3. The molecule has 2 aromatic carbocycles. The Balaban J connectivity index is 1.49. The Morgan fingerprint density at radius 1 is 1.07 bits per heavy atom. The number of rotatable bonds is 10. The molecule has 0 bridgehead atoms. The third kappa shape index (κ3) is 6.04. The fourth-order valence-corrected chi connectivity index (χ4v) is 4.38. The number of furan rings is 1. The quantitative estimate of drug-likeness (QED) is 0.460. The number of ether oxygens (including phenoxy) is 1. The number of sulfonamides is 1. The average Bonchev–Trinajstić information content (AvgIpc) is 3.27. The number of anilines is 1. The summed E-state index contributed by atoms with van der Waals surface area (Å²) in [5.74, 6) is 2.78. The summed E-state index contributed by atoms with van der Waals surface area (Å²) in [6.45, 7) is 0.524. The monoisotopic (exact) mass is 446 g/mol. The molecule has 0 aliphatic rings. The maximum atomic E-state index is 12.5. The molecule has 0 fully saturated rings.